The Bertz CT molecular complexity index is 259. The highest BCUT2D eigenvalue weighted by molar-refractivity contribution is 7.85. The Morgan fingerprint density at radius 3 is 3.00 bits per heavy atom. The van der Waals surface area contributed by atoms with Gasteiger partial charge in [-0.2, -0.15) is 0 Å². The first-order chi connectivity index (χ1) is 7.61. The molecule has 0 saturated carbocycles. The third-order valence-electron chi connectivity index (χ3n) is 2.59. The van der Waals surface area contributed by atoms with Gasteiger partial charge in [-0.05, 0) is 6.54 Å². The van der Waals surface area contributed by atoms with Crippen molar-refractivity contribution in [2.75, 3.05) is 37.7 Å². The van der Waals surface area contributed by atoms with Crippen LogP contribution in [0.2, 0.25) is 0 Å². The molecule has 6 heteroatoms. The summed E-state index contributed by atoms with van der Waals surface area (Å²) in [6, 6.07) is 0. The molecular weight excluding hydrogens is 230 g/mol. The Hall–Kier alpha value is -0.460. The molecule has 2 unspecified atom stereocenters. The molecule has 0 aromatic carbocycles. The smallest absolute Gasteiger partial charge is 0.304 e. The van der Waals surface area contributed by atoms with Crippen molar-refractivity contribution in [3.05, 3.63) is 0 Å². The van der Waals surface area contributed by atoms with Crippen LogP contribution >= 0.6 is 0 Å². The van der Waals surface area contributed by atoms with E-state index in [1.807, 2.05) is 0 Å². The first-order valence-electron chi connectivity index (χ1n) is 5.52. The molecule has 1 rings (SSSR count). The summed E-state index contributed by atoms with van der Waals surface area (Å²) in [6.45, 7) is 5.46. The van der Waals surface area contributed by atoms with Crippen LogP contribution < -0.4 is 0 Å². The maximum atomic E-state index is 11.6. The highest BCUT2D eigenvalue weighted by Gasteiger charge is 2.21. The van der Waals surface area contributed by atoms with E-state index in [4.69, 9.17) is 9.84 Å². The molecule has 0 aromatic heterocycles. The molecule has 1 N–H and O–H groups in total. The molecule has 1 aliphatic heterocycles. The molecule has 0 amide bonds. The van der Waals surface area contributed by atoms with Crippen LogP contribution in [0.4, 0.5) is 0 Å². The van der Waals surface area contributed by atoms with E-state index in [0.717, 1.165) is 19.6 Å². The van der Waals surface area contributed by atoms with Gasteiger partial charge in [0.1, 0.15) is 0 Å². The minimum absolute atomic E-state index is 0.0108. The first-order valence-corrected chi connectivity index (χ1v) is 7.01. The lowest BCUT2D eigenvalue weighted by Gasteiger charge is -2.31. The number of hydrogen-bond donors (Lipinski definition) is 1. The normalized spacial score (nSPS) is 24.2. The van der Waals surface area contributed by atoms with Crippen molar-refractivity contribution in [2.45, 2.75) is 19.4 Å². The number of rotatable bonds is 6. The van der Waals surface area contributed by atoms with Crippen LogP contribution in [-0.4, -0.2) is 64.0 Å². The van der Waals surface area contributed by atoms with Gasteiger partial charge in [0.25, 0.3) is 0 Å². The molecule has 1 saturated heterocycles. The van der Waals surface area contributed by atoms with E-state index in [1.54, 1.807) is 0 Å². The van der Waals surface area contributed by atoms with Crippen LogP contribution in [0.15, 0.2) is 0 Å². The quantitative estimate of drug-likeness (QED) is 0.714. The summed E-state index contributed by atoms with van der Waals surface area (Å²) < 4.78 is 17.1. The predicted molar refractivity (Wildman–Crippen MR) is 62.0 cm³/mol. The van der Waals surface area contributed by atoms with Gasteiger partial charge < -0.3 is 9.84 Å². The molecule has 0 radical (unpaired) electrons. The maximum absolute atomic E-state index is 11.6. The van der Waals surface area contributed by atoms with Crippen molar-refractivity contribution >= 4 is 16.8 Å². The molecular formula is C10H19NO4S. The van der Waals surface area contributed by atoms with Gasteiger partial charge in [-0.1, -0.05) is 6.92 Å². The fourth-order valence-corrected chi connectivity index (χ4v) is 2.85. The summed E-state index contributed by atoms with van der Waals surface area (Å²) in [5.41, 5.74) is 0. The van der Waals surface area contributed by atoms with Gasteiger partial charge in [-0.3, -0.25) is 13.9 Å². The van der Waals surface area contributed by atoms with Gasteiger partial charge >= 0.3 is 5.97 Å². The Balaban J connectivity index is 2.25. The summed E-state index contributed by atoms with van der Waals surface area (Å²) >= 11 is 0. The number of likely N-dealkylation sites (N-methyl/N-ethyl adjacent to an activating group) is 1. The summed E-state index contributed by atoms with van der Waals surface area (Å²) in [5, 5.41) is 8.47. The maximum Gasteiger partial charge on any atom is 0.304 e. The Morgan fingerprint density at radius 2 is 2.38 bits per heavy atom. The highest BCUT2D eigenvalue weighted by Crippen LogP contribution is 2.06. The standard InChI is InChI=1S/C10H19NO4S/c1-2-11-4-5-15-9(7-11)8-16(14)6-3-10(12)13/h9H,2-8H2,1H3,(H,12,13). The largest absolute Gasteiger partial charge is 0.481 e. The minimum atomic E-state index is -1.09. The molecule has 2 atom stereocenters. The van der Waals surface area contributed by atoms with E-state index in [0.29, 0.717) is 12.4 Å². The average molecular weight is 249 g/mol. The van der Waals surface area contributed by atoms with Crippen LogP contribution in [-0.2, 0) is 20.3 Å². The molecule has 16 heavy (non-hydrogen) atoms. The zero-order valence-electron chi connectivity index (χ0n) is 9.55. The zero-order valence-corrected chi connectivity index (χ0v) is 10.4. The molecule has 5 nitrogen and oxygen atoms in total. The number of hydrogen-bond acceptors (Lipinski definition) is 4. The Morgan fingerprint density at radius 1 is 1.62 bits per heavy atom. The monoisotopic (exact) mass is 249 g/mol. The fourth-order valence-electron chi connectivity index (χ4n) is 1.66. The van der Waals surface area contributed by atoms with E-state index in [-0.39, 0.29) is 18.3 Å². The number of carboxylic acid groups (broad SMARTS) is 1. The summed E-state index contributed by atoms with van der Waals surface area (Å²) in [7, 11) is -1.09. The molecule has 1 fully saturated rings. The Kier molecular flexibility index (Phi) is 5.94. The van der Waals surface area contributed by atoms with Crippen molar-refractivity contribution in [1.29, 1.82) is 0 Å². The van der Waals surface area contributed by atoms with Crippen LogP contribution in [0, 0.1) is 0 Å². The fraction of sp³-hybridized carbons (Fsp3) is 0.900. The molecule has 0 spiro atoms. The number of carboxylic acids is 1. The van der Waals surface area contributed by atoms with Gasteiger partial charge in [-0.15, -0.1) is 0 Å². The van der Waals surface area contributed by atoms with Crippen LogP contribution in [0.25, 0.3) is 0 Å². The SMILES string of the molecule is CCN1CCOC(CS(=O)CCC(=O)O)C1. The van der Waals surface area contributed by atoms with Crippen molar-refractivity contribution in [3.8, 4) is 0 Å². The van der Waals surface area contributed by atoms with Gasteiger partial charge in [0.05, 0.1) is 24.9 Å². The number of morpholine rings is 1. The molecule has 0 bridgehead atoms. The second kappa shape index (κ2) is 6.98. The second-order valence-corrected chi connectivity index (χ2v) is 5.46. The number of carbonyl (C=O) groups is 1. The number of ether oxygens (including phenoxy) is 1. The first kappa shape index (κ1) is 13.6. The third-order valence-corrected chi connectivity index (χ3v) is 3.99. The van der Waals surface area contributed by atoms with Crippen LogP contribution in [0.3, 0.4) is 0 Å². The van der Waals surface area contributed by atoms with Gasteiger partial charge in [0, 0.05) is 29.6 Å². The summed E-state index contributed by atoms with van der Waals surface area (Å²) in [5.74, 6) is -0.224. The third kappa shape index (κ3) is 5.05. The van der Waals surface area contributed by atoms with Crippen molar-refractivity contribution in [2.24, 2.45) is 0 Å². The van der Waals surface area contributed by atoms with Crippen molar-refractivity contribution in [3.63, 3.8) is 0 Å². The zero-order chi connectivity index (χ0) is 12.0. The van der Waals surface area contributed by atoms with E-state index in [9.17, 15) is 9.00 Å². The summed E-state index contributed by atoms with van der Waals surface area (Å²) in [4.78, 5) is 12.6. The lowest BCUT2D eigenvalue weighted by Crippen LogP contribution is -2.44. The van der Waals surface area contributed by atoms with E-state index in [2.05, 4.69) is 11.8 Å². The van der Waals surface area contributed by atoms with Crippen molar-refractivity contribution < 1.29 is 18.8 Å². The van der Waals surface area contributed by atoms with E-state index in [1.165, 1.54) is 0 Å². The molecule has 0 aliphatic carbocycles. The predicted octanol–water partition coefficient (Wildman–Crippen LogP) is -0.0695. The van der Waals surface area contributed by atoms with Gasteiger partial charge in [0.2, 0.25) is 0 Å². The molecule has 0 aromatic rings. The Labute approximate surface area is 98.2 Å². The molecule has 94 valence electrons. The average Bonchev–Trinajstić information content (AvgIpc) is 2.26. The topological polar surface area (TPSA) is 66.8 Å². The van der Waals surface area contributed by atoms with Gasteiger partial charge in [-0.25, -0.2) is 0 Å². The molecule has 1 heterocycles. The van der Waals surface area contributed by atoms with Crippen molar-refractivity contribution in [1.82, 2.24) is 4.90 Å². The van der Waals surface area contributed by atoms with Crippen LogP contribution in [0.1, 0.15) is 13.3 Å². The minimum Gasteiger partial charge on any atom is -0.481 e. The molecule has 1 aliphatic rings. The number of nitrogens with zero attached hydrogens (tertiary/aromatic N) is 1. The van der Waals surface area contributed by atoms with E-state index < -0.39 is 16.8 Å². The number of aliphatic carboxylic acids is 1. The highest BCUT2D eigenvalue weighted by atomic mass is 32.2. The lowest BCUT2D eigenvalue weighted by molar-refractivity contribution is -0.136. The van der Waals surface area contributed by atoms with Crippen LogP contribution in [0.5, 0.6) is 0 Å². The second-order valence-electron chi connectivity index (χ2n) is 3.84. The lowest BCUT2D eigenvalue weighted by atomic mass is 10.3. The van der Waals surface area contributed by atoms with E-state index >= 15 is 0 Å². The summed E-state index contributed by atoms with van der Waals surface area (Å²) in [6.07, 6.45) is -0.0417. The van der Waals surface area contributed by atoms with Gasteiger partial charge in [0.15, 0.2) is 0 Å².